The van der Waals surface area contributed by atoms with E-state index in [-0.39, 0.29) is 6.03 Å². The maximum absolute atomic E-state index is 12.2. The van der Waals surface area contributed by atoms with Gasteiger partial charge in [-0.25, -0.2) is 4.79 Å². The molecule has 0 unspecified atom stereocenters. The number of carbonyl (C=O) groups excluding carboxylic acids is 1. The first-order chi connectivity index (χ1) is 12.2. The molecule has 0 heterocycles. The zero-order valence-electron chi connectivity index (χ0n) is 13.9. The predicted octanol–water partition coefficient (Wildman–Crippen LogP) is 4.50. The first kappa shape index (κ1) is 16.7. The standard InChI is InChI=1S/C21H21N3O/c22-14-13-16-5-4-8-20(15-16)24-21(25)23-19-11-9-18(10-12-19)17-6-2-1-3-7-17/h1-12,15H,13-14,22H2,(H2,23,24,25). The average Bonchev–Trinajstić information content (AvgIpc) is 2.63. The molecule has 0 aromatic heterocycles. The molecule has 4 nitrogen and oxygen atoms in total. The van der Waals surface area contributed by atoms with Crippen molar-refractivity contribution < 1.29 is 4.79 Å². The highest BCUT2D eigenvalue weighted by Crippen LogP contribution is 2.21. The van der Waals surface area contributed by atoms with E-state index in [2.05, 4.69) is 22.8 Å². The molecule has 3 aromatic carbocycles. The summed E-state index contributed by atoms with van der Waals surface area (Å²) < 4.78 is 0. The summed E-state index contributed by atoms with van der Waals surface area (Å²) in [5.74, 6) is 0. The number of nitrogens with two attached hydrogens (primary N) is 1. The highest BCUT2D eigenvalue weighted by Gasteiger charge is 2.04. The summed E-state index contributed by atoms with van der Waals surface area (Å²) in [5.41, 5.74) is 10.4. The van der Waals surface area contributed by atoms with Crippen molar-refractivity contribution in [2.75, 3.05) is 17.2 Å². The van der Waals surface area contributed by atoms with Crippen LogP contribution in [0, 0.1) is 0 Å². The molecular formula is C21H21N3O. The quantitative estimate of drug-likeness (QED) is 0.644. The Morgan fingerprint density at radius 3 is 2.16 bits per heavy atom. The van der Waals surface area contributed by atoms with Gasteiger partial charge in [-0.1, -0.05) is 54.6 Å². The molecule has 0 spiro atoms. The molecule has 126 valence electrons. The van der Waals surface area contributed by atoms with Crippen LogP contribution in [0.3, 0.4) is 0 Å². The van der Waals surface area contributed by atoms with Crippen LogP contribution in [0.1, 0.15) is 5.56 Å². The molecule has 0 saturated carbocycles. The Kier molecular flexibility index (Phi) is 5.44. The van der Waals surface area contributed by atoms with Gasteiger partial charge < -0.3 is 16.4 Å². The highest BCUT2D eigenvalue weighted by molar-refractivity contribution is 5.99. The lowest BCUT2D eigenvalue weighted by atomic mass is 10.1. The summed E-state index contributed by atoms with van der Waals surface area (Å²) in [6.07, 6.45) is 0.790. The van der Waals surface area contributed by atoms with Crippen LogP contribution in [-0.2, 0) is 6.42 Å². The van der Waals surface area contributed by atoms with E-state index in [0.29, 0.717) is 6.54 Å². The van der Waals surface area contributed by atoms with E-state index in [1.165, 1.54) is 0 Å². The second-order valence-corrected chi connectivity index (χ2v) is 5.76. The zero-order valence-corrected chi connectivity index (χ0v) is 13.9. The first-order valence-electron chi connectivity index (χ1n) is 8.27. The van der Waals surface area contributed by atoms with Crippen molar-refractivity contribution >= 4 is 17.4 Å². The maximum atomic E-state index is 12.2. The van der Waals surface area contributed by atoms with Gasteiger partial charge in [0, 0.05) is 11.4 Å². The number of rotatable bonds is 5. The number of urea groups is 1. The maximum Gasteiger partial charge on any atom is 0.323 e. The highest BCUT2D eigenvalue weighted by atomic mass is 16.2. The third kappa shape index (κ3) is 4.68. The second-order valence-electron chi connectivity index (χ2n) is 5.76. The number of nitrogens with one attached hydrogen (secondary N) is 2. The molecule has 4 N–H and O–H groups in total. The Balaban J connectivity index is 1.62. The van der Waals surface area contributed by atoms with E-state index in [0.717, 1.165) is 34.5 Å². The summed E-state index contributed by atoms with van der Waals surface area (Å²) in [4.78, 5) is 12.2. The van der Waals surface area contributed by atoms with E-state index in [9.17, 15) is 4.79 Å². The van der Waals surface area contributed by atoms with Crippen molar-refractivity contribution in [1.82, 2.24) is 0 Å². The van der Waals surface area contributed by atoms with Gasteiger partial charge in [-0.3, -0.25) is 0 Å². The number of benzene rings is 3. The molecule has 0 atom stereocenters. The minimum atomic E-state index is -0.266. The Labute approximate surface area is 147 Å². The fraction of sp³-hybridized carbons (Fsp3) is 0.0952. The molecule has 2 amide bonds. The van der Waals surface area contributed by atoms with Gasteiger partial charge in [0.05, 0.1) is 0 Å². The third-order valence-electron chi connectivity index (χ3n) is 3.87. The van der Waals surface area contributed by atoms with E-state index >= 15 is 0 Å². The Morgan fingerprint density at radius 1 is 0.760 bits per heavy atom. The minimum absolute atomic E-state index is 0.266. The van der Waals surface area contributed by atoms with Crippen molar-refractivity contribution in [2.45, 2.75) is 6.42 Å². The van der Waals surface area contributed by atoms with Crippen molar-refractivity contribution in [1.29, 1.82) is 0 Å². The van der Waals surface area contributed by atoms with Crippen LogP contribution in [0.2, 0.25) is 0 Å². The molecule has 0 bridgehead atoms. The van der Waals surface area contributed by atoms with E-state index in [1.54, 1.807) is 0 Å². The first-order valence-corrected chi connectivity index (χ1v) is 8.27. The summed E-state index contributed by atoms with van der Waals surface area (Å²) in [6.45, 7) is 0.587. The molecular weight excluding hydrogens is 310 g/mol. The fourth-order valence-electron chi connectivity index (χ4n) is 2.64. The Hall–Kier alpha value is -3.11. The van der Waals surface area contributed by atoms with Gasteiger partial charge in [-0.15, -0.1) is 0 Å². The van der Waals surface area contributed by atoms with E-state index in [4.69, 9.17) is 5.73 Å². The smallest absolute Gasteiger partial charge is 0.323 e. The minimum Gasteiger partial charge on any atom is -0.330 e. The number of anilines is 2. The second kappa shape index (κ2) is 8.13. The normalized spacial score (nSPS) is 10.3. The van der Waals surface area contributed by atoms with Crippen LogP contribution in [0.15, 0.2) is 78.9 Å². The molecule has 3 rings (SSSR count). The topological polar surface area (TPSA) is 67.1 Å². The monoisotopic (exact) mass is 331 g/mol. The fourth-order valence-corrected chi connectivity index (χ4v) is 2.64. The van der Waals surface area contributed by atoms with Crippen molar-refractivity contribution in [3.05, 3.63) is 84.4 Å². The Morgan fingerprint density at radius 2 is 1.44 bits per heavy atom. The van der Waals surface area contributed by atoms with Gasteiger partial charge in [-0.2, -0.15) is 0 Å². The van der Waals surface area contributed by atoms with Crippen LogP contribution in [0.25, 0.3) is 11.1 Å². The van der Waals surface area contributed by atoms with Crippen molar-refractivity contribution in [3.8, 4) is 11.1 Å². The van der Waals surface area contributed by atoms with Crippen LogP contribution < -0.4 is 16.4 Å². The molecule has 25 heavy (non-hydrogen) atoms. The van der Waals surface area contributed by atoms with Crippen molar-refractivity contribution in [2.24, 2.45) is 5.73 Å². The largest absolute Gasteiger partial charge is 0.330 e. The molecule has 0 saturated heterocycles. The number of carbonyl (C=O) groups is 1. The van der Waals surface area contributed by atoms with E-state index in [1.807, 2.05) is 66.7 Å². The zero-order chi connectivity index (χ0) is 17.5. The van der Waals surface area contributed by atoms with E-state index < -0.39 is 0 Å². The van der Waals surface area contributed by atoms with Crippen LogP contribution >= 0.6 is 0 Å². The van der Waals surface area contributed by atoms with Crippen molar-refractivity contribution in [3.63, 3.8) is 0 Å². The predicted molar refractivity (Wildman–Crippen MR) is 104 cm³/mol. The van der Waals surface area contributed by atoms with Gasteiger partial charge in [0.2, 0.25) is 0 Å². The van der Waals surface area contributed by atoms with Crippen LogP contribution in [0.5, 0.6) is 0 Å². The SMILES string of the molecule is NCCc1cccc(NC(=O)Nc2ccc(-c3ccccc3)cc2)c1. The lowest BCUT2D eigenvalue weighted by molar-refractivity contribution is 0.262. The number of hydrogen-bond acceptors (Lipinski definition) is 2. The van der Waals surface area contributed by atoms with Crippen LogP contribution in [0.4, 0.5) is 16.2 Å². The molecule has 0 aliphatic rings. The summed E-state index contributed by atoms with van der Waals surface area (Å²) in [6, 6.07) is 25.3. The molecule has 4 heteroatoms. The molecule has 0 radical (unpaired) electrons. The average molecular weight is 331 g/mol. The molecule has 3 aromatic rings. The summed E-state index contributed by atoms with van der Waals surface area (Å²) >= 11 is 0. The molecule has 0 fully saturated rings. The third-order valence-corrected chi connectivity index (χ3v) is 3.87. The number of amides is 2. The molecule has 0 aliphatic carbocycles. The number of hydrogen-bond donors (Lipinski definition) is 3. The van der Waals surface area contributed by atoms with Gasteiger partial charge >= 0.3 is 6.03 Å². The summed E-state index contributed by atoms with van der Waals surface area (Å²) in [5, 5.41) is 5.69. The van der Waals surface area contributed by atoms with Gasteiger partial charge in [-0.05, 0) is 53.9 Å². The lowest BCUT2D eigenvalue weighted by Gasteiger charge is -2.09. The Bertz CT molecular complexity index is 829. The lowest BCUT2D eigenvalue weighted by Crippen LogP contribution is -2.19. The van der Waals surface area contributed by atoms with Crippen LogP contribution in [-0.4, -0.2) is 12.6 Å². The molecule has 0 aliphatic heterocycles. The summed E-state index contributed by atoms with van der Waals surface area (Å²) in [7, 11) is 0. The van der Waals surface area contributed by atoms with Gasteiger partial charge in [0.15, 0.2) is 0 Å². The van der Waals surface area contributed by atoms with Gasteiger partial charge in [0.25, 0.3) is 0 Å². The van der Waals surface area contributed by atoms with Gasteiger partial charge in [0.1, 0.15) is 0 Å².